The molecule has 1 fully saturated rings. The van der Waals surface area contributed by atoms with Crippen molar-refractivity contribution in [1.82, 2.24) is 4.90 Å². The Labute approximate surface area is 167 Å². The van der Waals surface area contributed by atoms with Gasteiger partial charge in [-0.3, -0.25) is 9.59 Å². The van der Waals surface area contributed by atoms with Crippen molar-refractivity contribution >= 4 is 40.7 Å². The van der Waals surface area contributed by atoms with Gasteiger partial charge >= 0.3 is 0 Å². The van der Waals surface area contributed by atoms with Gasteiger partial charge in [0.15, 0.2) is 0 Å². The number of rotatable bonds is 4. The molecule has 7 heteroatoms. The molecule has 5 nitrogen and oxygen atoms in total. The fourth-order valence-corrected chi connectivity index (χ4v) is 4.03. The minimum Gasteiger partial charge on any atom is -0.376 e. The van der Waals surface area contributed by atoms with Crippen molar-refractivity contribution in [2.75, 3.05) is 18.5 Å². The lowest BCUT2D eigenvalue weighted by molar-refractivity contribution is 0.0544. The summed E-state index contributed by atoms with van der Waals surface area (Å²) in [6, 6.07) is 10.2. The van der Waals surface area contributed by atoms with E-state index in [1.165, 1.54) is 0 Å². The van der Waals surface area contributed by atoms with E-state index in [0.717, 1.165) is 25.0 Å². The van der Waals surface area contributed by atoms with Crippen LogP contribution in [0.1, 0.15) is 39.1 Å². The van der Waals surface area contributed by atoms with E-state index in [-0.39, 0.29) is 17.9 Å². The number of carbonyl (C=O) groups is 2. The lowest BCUT2D eigenvalue weighted by Gasteiger charge is -2.19. The van der Waals surface area contributed by atoms with Crippen LogP contribution in [0.4, 0.5) is 5.69 Å². The first-order valence-electron chi connectivity index (χ1n) is 8.82. The lowest BCUT2D eigenvalue weighted by atomic mass is 10.0. The Hall–Kier alpha value is -2.08. The first-order chi connectivity index (χ1) is 13.0. The van der Waals surface area contributed by atoms with Crippen LogP contribution in [0.25, 0.3) is 0 Å². The standard InChI is InChI=1S/C20H18Cl2N2O3/c21-13-6-7-17(16(22)9-13)23-19(25)15-5-1-3-12-10-24(20(26)18(12)15)11-14-4-2-8-27-14/h1,3,5-7,9,14H,2,4,8,10-11H2,(H,23,25). The molecule has 1 saturated heterocycles. The smallest absolute Gasteiger partial charge is 0.256 e. The Bertz CT molecular complexity index is 910. The van der Waals surface area contributed by atoms with Crippen LogP contribution in [0.5, 0.6) is 0 Å². The van der Waals surface area contributed by atoms with Gasteiger partial charge in [0.1, 0.15) is 0 Å². The maximum absolute atomic E-state index is 12.9. The van der Waals surface area contributed by atoms with Gasteiger partial charge in [-0.05, 0) is 42.7 Å². The zero-order valence-corrected chi connectivity index (χ0v) is 16.0. The van der Waals surface area contributed by atoms with E-state index in [0.29, 0.717) is 39.9 Å². The first kappa shape index (κ1) is 18.3. The molecule has 0 radical (unpaired) electrons. The number of benzene rings is 2. The zero-order valence-electron chi connectivity index (χ0n) is 14.5. The zero-order chi connectivity index (χ0) is 19.0. The van der Waals surface area contributed by atoms with Crippen LogP contribution in [0, 0.1) is 0 Å². The molecule has 0 spiro atoms. The predicted octanol–water partition coefficient (Wildman–Crippen LogP) is 4.38. The van der Waals surface area contributed by atoms with Crippen LogP contribution in [0.2, 0.25) is 10.0 Å². The third-order valence-electron chi connectivity index (χ3n) is 4.89. The van der Waals surface area contributed by atoms with Gasteiger partial charge in [0.2, 0.25) is 0 Å². The van der Waals surface area contributed by atoms with Crippen LogP contribution >= 0.6 is 23.2 Å². The Morgan fingerprint density at radius 2 is 2.11 bits per heavy atom. The van der Waals surface area contributed by atoms with E-state index in [4.69, 9.17) is 27.9 Å². The number of hydrogen-bond donors (Lipinski definition) is 1. The van der Waals surface area contributed by atoms with Crippen molar-refractivity contribution in [3.05, 3.63) is 63.1 Å². The Morgan fingerprint density at radius 3 is 2.85 bits per heavy atom. The number of hydrogen-bond acceptors (Lipinski definition) is 3. The highest BCUT2D eigenvalue weighted by atomic mass is 35.5. The predicted molar refractivity (Wildman–Crippen MR) is 105 cm³/mol. The molecular weight excluding hydrogens is 387 g/mol. The van der Waals surface area contributed by atoms with E-state index in [9.17, 15) is 9.59 Å². The number of nitrogens with zero attached hydrogens (tertiary/aromatic N) is 1. The number of anilines is 1. The molecule has 2 aliphatic heterocycles. The summed E-state index contributed by atoms with van der Waals surface area (Å²) in [6.45, 7) is 1.80. The van der Waals surface area contributed by atoms with Crippen molar-refractivity contribution in [3.63, 3.8) is 0 Å². The summed E-state index contributed by atoms with van der Waals surface area (Å²) in [7, 11) is 0. The first-order valence-corrected chi connectivity index (χ1v) is 9.57. The monoisotopic (exact) mass is 404 g/mol. The Balaban J connectivity index is 1.56. The molecule has 2 aromatic carbocycles. The normalized spacial score (nSPS) is 18.7. The summed E-state index contributed by atoms with van der Waals surface area (Å²) < 4.78 is 5.64. The molecule has 2 heterocycles. The summed E-state index contributed by atoms with van der Waals surface area (Å²) in [5, 5.41) is 3.59. The van der Waals surface area contributed by atoms with Gasteiger partial charge in [-0.1, -0.05) is 35.3 Å². The van der Waals surface area contributed by atoms with Crippen LogP contribution in [-0.2, 0) is 11.3 Å². The molecule has 0 aromatic heterocycles. The molecule has 0 saturated carbocycles. The molecule has 0 aliphatic carbocycles. The van der Waals surface area contributed by atoms with E-state index >= 15 is 0 Å². The van der Waals surface area contributed by atoms with E-state index < -0.39 is 0 Å². The second-order valence-electron chi connectivity index (χ2n) is 6.74. The minimum atomic E-state index is -0.372. The highest BCUT2D eigenvalue weighted by molar-refractivity contribution is 6.37. The highest BCUT2D eigenvalue weighted by Gasteiger charge is 2.33. The average molecular weight is 405 g/mol. The van der Waals surface area contributed by atoms with Crippen molar-refractivity contribution in [1.29, 1.82) is 0 Å². The van der Waals surface area contributed by atoms with E-state index in [1.54, 1.807) is 35.2 Å². The second kappa shape index (κ2) is 7.50. The summed E-state index contributed by atoms with van der Waals surface area (Å²) in [6.07, 6.45) is 2.06. The van der Waals surface area contributed by atoms with Crippen molar-refractivity contribution < 1.29 is 14.3 Å². The maximum Gasteiger partial charge on any atom is 0.256 e. The van der Waals surface area contributed by atoms with E-state index in [1.807, 2.05) is 6.07 Å². The summed E-state index contributed by atoms with van der Waals surface area (Å²) in [4.78, 5) is 27.5. The summed E-state index contributed by atoms with van der Waals surface area (Å²) >= 11 is 12.0. The quantitative estimate of drug-likeness (QED) is 0.822. The van der Waals surface area contributed by atoms with Gasteiger partial charge in [-0.2, -0.15) is 0 Å². The van der Waals surface area contributed by atoms with Gasteiger partial charge < -0.3 is 15.0 Å². The number of ether oxygens (including phenoxy) is 1. The molecule has 4 rings (SSSR count). The molecule has 2 amide bonds. The third kappa shape index (κ3) is 3.68. The van der Waals surface area contributed by atoms with Gasteiger partial charge in [-0.25, -0.2) is 0 Å². The SMILES string of the molecule is O=C(Nc1ccc(Cl)cc1Cl)c1cccc2c1C(=O)N(CC1CCCO1)C2. The van der Waals surface area contributed by atoms with Crippen LogP contribution < -0.4 is 5.32 Å². The van der Waals surface area contributed by atoms with Gasteiger partial charge in [0.05, 0.1) is 27.9 Å². The maximum atomic E-state index is 12.9. The van der Waals surface area contributed by atoms with Crippen LogP contribution in [-0.4, -0.2) is 36.0 Å². The molecule has 140 valence electrons. The van der Waals surface area contributed by atoms with Gasteiger partial charge in [-0.15, -0.1) is 0 Å². The fraction of sp³-hybridized carbons (Fsp3) is 0.300. The third-order valence-corrected chi connectivity index (χ3v) is 5.43. The van der Waals surface area contributed by atoms with Crippen molar-refractivity contribution in [2.45, 2.75) is 25.5 Å². The molecule has 27 heavy (non-hydrogen) atoms. The number of amides is 2. The number of halogens is 2. The number of carbonyl (C=O) groups excluding carboxylic acids is 2. The van der Waals surface area contributed by atoms with Crippen LogP contribution in [0.15, 0.2) is 36.4 Å². The van der Waals surface area contributed by atoms with Crippen molar-refractivity contribution in [2.24, 2.45) is 0 Å². The molecular formula is C20H18Cl2N2O3. The number of fused-ring (bicyclic) bond motifs is 1. The number of nitrogens with one attached hydrogen (secondary N) is 1. The van der Waals surface area contributed by atoms with Gasteiger partial charge in [0.25, 0.3) is 11.8 Å². The van der Waals surface area contributed by atoms with E-state index in [2.05, 4.69) is 5.32 Å². The Kier molecular flexibility index (Phi) is 5.08. The molecule has 2 aromatic rings. The summed E-state index contributed by atoms with van der Waals surface area (Å²) in [5.41, 5.74) is 2.11. The van der Waals surface area contributed by atoms with Gasteiger partial charge in [0, 0.05) is 24.7 Å². The second-order valence-corrected chi connectivity index (χ2v) is 7.58. The summed E-state index contributed by atoms with van der Waals surface area (Å²) in [5.74, 6) is -0.503. The van der Waals surface area contributed by atoms with Crippen LogP contribution in [0.3, 0.4) is 0 Å². The average Bonchev–Trinajstić information content (AvgIpc) is 3.26. The fourth-order valence-electron chi connectivity index (χ4n) is 3.57. The molecule has 2 aliphatic rings. The minimum absolute atomic E-state index is 0.0772. The molecule has 1 atom stereocenters. The highest BCUT2D eigenvalue weighted by Crippen LogP contribution is 2.30. The molecule has 1 unspecified atom stereocenters. The largest absolute Gasteiger partial charge is 0.376 e. The molecule has 0 bridgehead atoms. The molecule has 1 N–H and O–H groups in total. The lowest BCUT2D eigenvalue weighted by Crippen LogP contribution is -2.32. The van der Waals surface area contributed by atoms with Crippen molar-refractivity contribution in [3.8, 4) is 0 Å². The Morgan fingerprint density at radius 1 is 1.26 bits per heavy atom. The topological polar surface area (TPSA) is 58.6 Å².